The third-order valence-electron chi connectivity index (χ3n) is 4.59. The molecule has 2 fully saturated rings. The molecule has 6 heteroatoms. The van der Waals surface area contributed by atoms with Gasteiger partial charge in [0.05, 0.1) is 16.0 Å². The molecule has 1 aliphatic heterocycles. The first-order chi connectivity index (χ1) is 8.74. The zero-order valence-electron chi connectivity index (χ0n) is 11.9. The van der Waals surface area contributed by atoms with Crippen LogP contribution in [0, 0.1) is 0 Å². The molecule has 1 aromatic rings. The van der Waals surface area contributed by atoms with Crippen molar-refractivity contribution in [1.82, 2.24) is 4.98 Å². The molecule has 3 rings (SSSR count). The molecule has 0 radical (unpaired) electrons. The van der Waals surface area contributed by atoms with Gasteiger partial charge in [0, 0.05) is 6.20 Å². The Balaban J connectivity index is 1.81. The molecule has 104 valence electrons. The van der Waals surface area contributed by atoms with Gasteiger partial charge in [0.25, 0.3) is 0 Å². The summed E-state index contributed by atoms with van der Waals surface area (Å²) < 4.78 is 12.9. The van der Waals surface area contributed by atoms with Gasteiger partial charge in [0.15, 0.2) is 0 Å². The fourth-order valence-electron chi connectivity index (χ4n) is 2.30. The van der Waals surface area contributed by atoms with Gasteiger partial charge >= 0.3 is 7.12 Å². The third kappa shape index (κ3) is 2.05. The fraction of sp³-hybridized carbons (Fsp3) is 0.769. The molecule has 1 aromatic heterocycles. The Morgan fingerprint density at radius 3 is 2.26 bits per heavy atom. The maximum absolute atomic E-state index is 10.3. The van der Waals surface area contributed by atoms with E-state index in [0.29, 0.717) is 0 Å². The minimum absolute atomic E-state index is 0.338. The van der Waals surface area contributed by atoms with Crippen LogP contribution in [-0.2, 0) is 14.9 Å². The van der Waals surface area contributed by atoms with Crippen LogP contribution in [0.5, 0.6) is 0 Å². The van der Waals surface area contributed by atoms with Crippen LogP contribution < -0.4 is 4.78 Å². The van der Waals surface area contributed by atoms with Crippen molar-refractivity contribution in [2.45, 2.75) is 63.8 Å². The second kappa shape index (κ2) is 4.04. The molecule has 1 N–H and O–H groups in total. The Morgan fingerprint density at radius 1 is 1.21 bits per heavy atom. The quantitative estimate of drug-likeness (QED) is 0.840. The highest BCUT2D eigenvalue weighted by Gasteiger charge is 2.52. The number of rotatable bonds is 2. The lowest BCUT2D eigenvalue weighted by molar-refractivity contribution is -0.0389. The van der Waals surface area contributed by atoms with E-state index >= 15 is 0 Å². The van der Waals surface area contributed by atoms with Crippen LogP contribution in [0.15, 0.2) is 6.20 Å². The first-order valence-corrected chi connectivity index (χ1v) is 7.59. The predicted molar refractivity (Wildman–Crippen MR) is 75.6 cm³/mol. The molecule has 1 saturated heterocycles. The largest absolute Gasteiger partial charge is 0.507 e. The van der Waals surface area contributed by atoms with Crippen LogP contribution in [0.2, 0.25) is 0 Å². The summed E-state index contributed by atoms with van der Waals surface area (Å²) in [5.41, 5.74) is -1.38. The first-order valence-electron chi connectivity index (χ1n) is 6.78. The maximum Gasteiger partial charge on any atom is 0.507 e. The third-order valence-corrected chi connectivity index (χ3v) is 5.80. The van der Waals surface area contributed by atoms with Crippen molar-refractivity contribution >= 4 is 23.2 Å². The average Bonchev–Trinajstić information content (AvgIpc) is 2.79. The molecule has 2 heterocycles. The number of aromatic nitrogens is 1. The van der Waals surface area contributed by atoms with E-state index in [2.05, 4.69) is 4.98 Å². The summed E-state index contributed by atoms with van der Waals surface area (Å²) in [6.45, 7) is 8.14. The Morgan fingerprint density at radius 2 is 1.79 bits per heavy atom. The molecule has 0 bridgehead atoms. The van der Waals surface area contributed by atoms with Crippen LogP contribution >= 0.6 is 11.3 Å². The van der Waals surface area contributed by atoms with E-state index in [1.54, 1.807) is 6.20 Å². The van der Waals surface area contributed by atoms with E-state index in [0.717, 1.165) is 29.0 Å². The molecular weight excluding hydrogens is 261 g/mol. The summed E-state index contributed by atoms with van der Waals surface area (Å²) in [5, 5.41) is 11.1. The standard InChI is InChI=1S/C13H20BNO3S/c1-11(2)12(3,4)18-14(17-11)9-8-15-10(19-9)13(16)6-5-7-13/h8,16H,5-7H2,1-4H3. The van der Waals surface area contributed by atoms with Crippen molar-refractivity contribution in [2.24, 2.45) is 0 Å². The van der Waals surface area contributed by atoms with E-state index in [4.69, 9.17) is 9.31 Å². The Labute approximate surface area is 118 Å². The number of nitrogens with zero attached hydrogens (tertiary/aromatic N) is 1. The summed E-state index contributed by atoms with van der Waals surface area (Å²) >= 11 is 1.50. The van der Waals surface area contributed by atoms with E-state index in [1.165, 1.54) is 11.3 Å². The molecule has 19 heavy (non-hydrogen) atoms. The summed E-state index contributed by atoms with van der Waals surface area (Å²) in [7, 11) is -0.375. The number of aliphatic hydroxyl groups is 1. The van der Waals surface area contributed by atoms with Crippen molar-refractivity contribution in [2.75, 3.05) is 0 Å². The second-order valence-corrected chi connectivity index (χ2v) is 7.60. The smallest absolute Gasteiger partial charge is 0.399 e. The molecule has 1 saturated carbocycles. The van der Waals surface area contributed by atoms with Crippen LogP contribution in [0.3, 0.4) is 0 Å². The molecule has 2 aliphatic rings. The van der Waals surface area contributed by atoms with Gasteiger partial charge in [-0.2, -0.15) is 0 Å². The van der Waals surface area contributed by atoms with Gasteiger partial charge in [0.2, 0.25) is 0 Å². The van der Waals surface area contributed by atoms with Crippen LogP contribution in [0.1, 0.15) is 52.0 Å². The minimum atomic E-state index is -0.702. The fourth-order valence-corrected chi connectivity index (χ4v) is 3.32. The molecule has 0 aromatic carbocycles. The number of thiazole rings is 1. The summed E-state index contributed by atoms with van der Waals surface area (Å²) in [4.78, 5) is 4.36. The van der Waals surface area contributed by atoms with Crippen molar-refractivity contribution in [1.29, 1.82) is 0 Å². The summed E-state index contributed by atoms with van der Waals surface area (Å²) in [5.74, 6) is 0. The highest BCUT2D eigenvalue weighted by atomic mass is 32.1. The lowest BCUT2D eigenvalue weighted by atomic mass is 9.81. The van der Waals surface area contributed by atoms with E-state index < -0.39 is 5.60 Å². The van der Waals surface area contributed by atoms with Gasteiger partial charge in [-0.15, -0.1) is 11.3 Å². The van der Waals surface area contributed by atoms with Gasteiger partial charge in [0.1, 0.15) is 10.6 Å². The SMILES string of the molecule is CC1(C)OB(c2cnc(C3(O)CCC3)s2)OC1(C)C. The summed E-state index contributed by atoms with van der Waals surface area (Å²) in [6.07, 6.45) is 4.47. The second-order valence-electron chi connectivity index (χ2n) is 6.54. The molecule has 0 amide bonds. The molecule has 4 nitrogen and oxygen atoms in total. The van der Waals surface area contributed by atoms with Gasteiger partial charge in [-0.25, -0.2) is 4.98 Å². The van der Waals surface area contributed by atoms with Crippen LogP contribution in [-0.4, -0.2) is 28.4 Å². The maximum atomic E-state index is 10.3. The minimum Gasteiger partial charge on any atom is -0.399 e. The van der Waals surface area contributed by atoms with Gasteiger partial charge < -0.3 is 14.4 Å². The zero-order valence-corrected chi connectivity index (χ0v) is 12.7. The average molecular weight is 281 g/mol. The monoisotopic (exact) mass is 281 g/mol. The molecule has 1 aliphatic carbocycles. The van der Waals surface area contributed by atoms with Crippen LogP contribution in [0.4, 0.5) is 0 Å². The molecule has 0 atom stereocenters. The predicted octanol–water partition coefficient (Wildman–Crippen LogP) is 1.81. The Bertz CT molecular complexity index is 480. The zero-order chi connectivity index (χ0) is 13.9. The van der Waals surface area contributed by atoms with Gasteiger partial charge in [-0.3, -0.25) is 0 Å². The Kier molecular flexibility index (Phi) is 2.88. The highest BCUT2D eigenvalue weighted by molar-refractivity contribution is 7.22. The molecule has 0 spiro atoms. The number of hydrogen-bond acceptors (Lipinski definition) is 5. The Hall–Kier alpha value is -0.425. The lowest BCUT2D eigenvalue weighted by Gasteiger charge is -2.34. The van der Waals surface area contributed by atoms with E-state index in [1.807, 2.05) is 27.7 Å². The van der Waals surface area contributed by atoms with Crippen molar-refractivity contribution in [3.8, 4) is 0 Å². The van der Waals surface area contributed by atoms with Crippen molar-refractivity contribution in [3.05, 3.63) is 11.2 Å². The highest BCUT2D eigenvalue weighted by Crippen LogP contribution is 2.42. The summed E-state index contributed by atoms with van der Waals surface area (Å²) in [6, 6.07) is 0. The van der Waals surface area contributed by atoms with Crippen molar-refractivity contribution < 1.29 is 14.4 Å². The molecular formula is C13H20BNO3S. The molecule has 0 unspecified atom stereocenters. The van der Waals surface area contributed by atoms with E-state index in [9.17, 15) is 5.11 Å². The van der Waals surface area contributed by atoms with Gasteiger partial charge in [-0.1, -0.05) is 0 Å². The number of hydrogen-bond donors (Lipinski definition) is 1. The van der Waals surface area contributed by atoms with Gasteiger partial charge in [-0.05, 0) is 47.0 Å². The van der Waals surface area contributed by atoms with Crippen LogP contribution in [0.25, 0.3) is 0 Å². The topological polar surface area (TPSA) is 51.6 Å². The van der Waals surface area contributed by atoms with E-state index in [-0.39, 0.29) is 18.3 Å². The normalized spacial score (nSPS) is 27.3. The first kappa shape index (κ1) is 13.6. The van der Waals surface area contributed by atoms with Crippen molar-refractivity contribution in [3.63, 3.8) is 0 Å². The lowest BCUT2D eigenvalue weighted by Crippen LogP contribution is -2.41.